The normalized spacial score (nSPS) is 10.6. The maximum absolute atomic E-state index is 13.5. The van der Waals surface area contributed by atoms with E-state index < -0.39 is 5.09 Å². The molecule has 106 valence electrons. The largest absolute Gasteiger partial charge is 0.314 e. The van der Waals surface area contributed by atoms with Crippen LogP contribution in [0.1, 0.15) is 16.1 Å². The van der Waals surface area contributed by atoms with Gasteiger partial charge in [0.2, 0.25) is 0 Å². The minimum atomic E-state index is -0.813. The number of thiazole rings is 1. The molecule has 7 heteroatoms. The smallest absolute Gasteiger partial charge is 0.294 e. The number of hydrogen-bond donors (Lipinski definition) is 0. The number of rotatable bonds is 5. The maximum Gasteiger partial charge on any atom is 0.294 e. The Morgan fingerprint density at radius 3 is 2.85 bits per heavy atom. The molecule has 0 amide bonds. The first kappa shape index (κ1) is 14.4. The molecular weight excluding hydrogens is 283 g/mol. The molecule has 0 bridgehead atoms. The van der Waals surface area contributed by atoms with E-state index in [1.54, 1.807) is 13.0 Å². The summed E-state index contributed by atoms with van der Waals surface area (Å²) in [6, 6.07) is 4.97. The van der Waals surface area contributed by atoms with Crippen LogP contribution in [0, 0.1) is 29.8 Å². The van der Waals surface area contributed by atoms with Gasteiger partial charge < -0.3 is 4.84 Å². The van der Waals surface area contributed by atoms with Crippen molar-refractivity contribution in [2.24, 2.45) is 0 Å². The van der Waals surface area contributed by atoms with E-state index in [-0.39, 0.29) is 12.4 Å². The summed E-state index contributed by atoms with van der Waals surface area (Å²) in [5.74, 6) is -0.270. The highest BCUT2D eigenvalue weighted by molar-refractivity contribution is 7.15. The molecule has 0 aliphatic rings. The van der Waals surface area contributed by atoms with Gasteiger partial charge in [-0.2, -0.15) is 0 Å². The van der Waals surface area contributed by atoms with Gasteiger partial charge in [-0.05, 0) is 25.5 Å². The van der Waals surface area contributed by atoms with Gasteiger partial charge >= 0.3 is 0 Å². The Morgan fingerprint density at radius 1 is 1.45 bits per heavy atom. The Kier molecular flexibility index (Phi) is 4.29. The van der Waals surface area contributed by atoms with Gasteiger partial charge in [-0.1, -0.05) is 12.1 Å². The highest BCUT2D eigenvalue weighted by Crippen LogP contribution is 2.29. The standard InChI is InChI=1S/C13H13FN2O3S/c1-8-3-4-10(7-11(8)14)13-15-9(2)12(20-13)5-6-19-16(17)18/h3-4,7H,5-6H2,1-2H3. The van der Waals surface area contributed by atoms with Crippen molar-refractivity contribution in [3.8, 4) is 10.6 Å². The summed E-state index contributed by atoms with van der Waals surface area (Å²) in [6.07, 6.45) is 0.415. The molecular formula is C13H13FN2O3S. The lowest BCUT2D eigenvalue weighted by atomic mass is 10.1. The number of aromatic nitrogens is 1. The van der Waals surface area contributed by atoms with Crippen LogP contribution < -0.4 is 0 Å². The molecule has 0 saturated heterocycles. The van der Waals surface area contributed by atoms with Gasteiger partial charge in [0, 0.05) is 16.9 Å². The van der Waals surface area contributed by atoms with E-state index in [4.69, 9.17) is 0 Å². The first-order valence-corrected chi connectivity index (χ1v) is 6.79. The molecule has 1 heterocycles. The van der Waals surface area contributed by atoms with Crippen molar-refractivity contribution in [2.75, 3.05) is 6.61 Å². The average molecular weight is 296 g/mol. The minimum Gasteiger partial charge on any atom is -0.314 e. The third-order valence-electron chi connectivity index (χ3n) is 2.84. The summed E-state index contributed by atoms with van der Waals surface area (Å²) >= 11 is 1.40. The number of nitrogens with zero attached hydrogens (tertiary/aromatic N) is 2. The van der Waals surface area contributed by atoms with Crippen LogP contribution in [0.4, 0.5) is 4.39 Å². The topological polar surface area (TPSA) is 65.3 Å². The van der Waals surface area contributed by atoms with Crippen molar-refractivity contribution >= 4 is 11.3 Å². The second kappa shape index (κ2) is 5.96. The Balaban J connectivity index is 2.17. The average Bonchev–Trinajstić information content (AvgIpc) is 2.74. The molecule has 2 rings (SSSR count). The molecule has 0 radical (unpaired) electrons. The van der Waals surface area contributed by atoms with Gasteiger partial charge in [-0.15, -0.1) is 21.5 Å². The molecule has 20 heavy (non-hydrogen) atoms. The maximum atomic E-state index is 13.5. The quantitative estimate of drug-likeness (QED) is 0.627. The second-order valence-electron chi connectivity index (χ2n) is 4.30. The fraction of sp³-hybridized carbons (Fsp3) is 0.308. The summed E-state index contributed by atoms with van der Waals surface area (Å²) < 4.78 is 13.5. The molecule has 0 atom stereocenters. The van der Waals surface area contributed by atoms with Gasteiger partial charge in [-0.25, -0.2) is 9.37 Å². The Hall–Kier alpha value is -2.02. The molecule has 5 nitrogen and oxygen atoms in total. The van der Waals surface area contributed by atoms with Gasteiger partial charge in [0.1, 0.15) is 17.4 Å². The highest BCUT2D eigenvalue weighted by atomic mass is 32.1. The summed E-state index contributed by atoms with van der Waals surface area (Å²) in [4.78, 5) is 19.7. The van der Waals surface area contributed by atoms with Crippen molar-refractivity contribution in [2.45, 2.75) is 20.3 Å². The van der Waals surface area contributed by atoms with E-state index >= 15 is 0 Å². The van der Waals surface area contributed by atoms with Crippen LogP contribution in [0.5, 0.6) is 0 Å². The summed E-state index contributed by atoms with van der Waals surface area (Å²) in [6.45, 7) is 3.52. The van der Waals surface area contributed by atoms with Crippen molar-refractivity contribution in [1.82, 2.24) is 4.98 Å². The van der Waals surface area contributed by atoms with Gasteiger partial charge in [-0.3, -0.25) is 0 Å². The van der Waals surface area contributed by atoms with E-state index in [9.17, 15) is 14.5 Å². The zero-order valence-corrected chi connectivity index (χ0v) is 11.9. The van der Waals surface area contributed by atoms with Gasteiger partial charge in [0.05, 0.1) is 5.69 Å². The lowest BCUT2D eigenvalue weighted by Gasteiger charge is -1.99. The summed E-state index contributed by atoms with van der Waals surface area (Å²) in [5.41, 5.74) is 2.09. The molecule has 0 spiro atoms. The second-order valence-corrected chi connectivity index (χ2v) is 5.38. The Labute approximate surface area is 119 Å². The fourth-order valence-electron chi connectivity index (χ4n) is 1.72. The molecule has 0 fully saturated rings. The lowest BCUT2D eigenvalue weighted by Crippen LogP contribution is -2.04. The molecule has 1 aromatic carbocycles. The summed E-state index contributed by atoms with van der Waals surface area (Å²) in [7, 11) is 0. The van der Waals surface area contributed by atoms with E-state index in [0.29, 0.717) is 22.6 Å². The van der Waals surface area contributed by atoms with Crippen molar-refractivity contribution in [3.05, 3.63) is 50.3 Å². The number of halogens is 1. The van der Waals surface area contributed by atoms with Gasteiger partial charge in [0.25, 0.3) is 5.09 Å². The molecule has 0 N–H and O–H groups in total. The highest BCUT2D eigenvalue weighted by Gasteiger charge is 2.11. The fourth-order valence-corrected chi connectivity index (χ4v) is 2.76. The monoisotopic (exact) mass is 296 g/mol. The van der Waals surface area contributed by atoms with Crippen LogP contribution in [0.25, 0.3) is 10.6 Å². The Morgan fingerprint density at radius 2 is 2.20 bits per heavy atom. The van der Waals surface area contributed by atoms with Crippen LogP contribution >= 0.6 is 11.3 Å². The first-order valence-electron chi connectivity index (χ1n) is 5.97. The van der Waals surface area contributed by atoms with Crippen molar-refractivity contribution in [3.63, 3.8) is 0 Å². The molecule has 0 aliphatic heterocycles. The third-order valence-corrected chi connectivity index (χ3v) is 4.10. The zero-order chi connectivity index (χ0) is 14.7. The molecule has 0 aliphatic carbocycles. The van der Waals surface area contributed by atoms with E-state index in [1.165, 1.54) is 17.4 Å². The molecule has 0 saturated carbocycles. The number of hydrogen-bond acceptors (Lipinski definition) is 5. The molecule has 1 aromatic heterocycles. The summed E-state index contributed by atoms with van der Waals surface area (Å²) in [5, 5.41) is 9.99. The van der Waals surface area contributed by atoms with E-state index in [2.05, 4.69) is 9.82 Å². The lowest BCUT2D eigenvalue weighted by molar-refractivity contribution is -0.757. The number of aryl methyl sites for hydroxylation is 2. The van der Waals surface area contributed by atoms with E-state index in [0.717, 1.165) is 10.6 Å². The van der Waals surface area contributed by atoms with Crippen molar-refractivity contribution < 1.29 is 14.3 Å². The minimum absolute atomic E-state index is 0.00225. The van der Waals surface area contributed by atoms with Crippen LogP contribution in [-0.4, -0.2) is 16.7 Å². The predicted octanol–water partition coefficient (Wildman–Crippen LogP) is 3.32. The van der Waals surface area contributed by atoms with Crippen LogP contribution in [0.15, 0.2) is 18.2 Å². The Bertz CT molecular complexity index is 643. The van der Waals surface area contributed by atoms with Gasteiger partial charge in [0.15, 0.2) is 0 Å². The number of benzene rings is 1. The molecule has 0 unspecified atom stereocenters. The van der Waals surface area contributed by atoms with Crippen LogP contribution in [-0.2, 0) is 11.3 Å². The third kappa shape index (κ3) is 3.30. The zero-order valence-electron chi connectivity index (χ0n) is 11.1. The van der Waals surface area contributed by atoms with Crippen LogP contribution in [0.3, 0.4) is 0 Å². The van der Waals surface area contributed by atoms with Crippen molar-refractivity contribution in [1.29, 1.82) is 0 Å². The predicted molar refractivity (Wildman–Crippen MR) is 73.6 cm³/mol. The SMILES string of the molecule is Cc1ccc(-c2nc(C)c(CCO[N+](=O)[O-])s2)cc1F. The van der Waals surface area contributed by atoms with E-state index in [1.807, 2.05) is 13.0 Å². The first-order chi connectivity index (χ1) is 9.47. The molecule has 2 aromatic rings. The van der Waals surface area contributed by atoms with Crippen LogP contribution in [0.2, 0.25) is 0 Å².